The first-order valence-corrected chi connectivity index (χ1v) is 5.84. The number of ether oxygens (including phenoxy) is 1. The Kier molecular flexibility index (Phi) is 4.11. The highest BCUT2D eigenvalue weighted by Crippen LogP contribution is 1.98. The molecule has 0 aliphatic carbocycles. The summed E-state index contributed by atoms with van der Waals surface area (Å²) in [5, 5.41) is 2.93. The summed E-state index contributed by atoms with van der Waals surface area (Å²) < 4.78 is 6.72. The summed E-state index contributed by atoms with van der Waals surface area (Å²) in [4.78, 5) is 17.9. The summed E-state index contributed by atoms with van der Waals surface area (Å²) in [5.41, 5.74) is 0. The maximum Gasteiger partial charge on any atom is 0.327 e. The molecule has 94 valence electrons. The summed E-state index contributed by atoms with van der Waals surface area (Å²) >= 11 is 0. The van der Waals surface area contributed by atoms with Gasteiger partial charge in [0, 0.05) is 38.1 Å². The van der Waals surface area contributed by atoms with Gasteiger partial charge in [0.2, 0.25) is 0 Å². The highest BCUT2D eigenvalue weighted by Gasteiger charge is 2.15. The number of hydrogen-bond donors (Lipinski definition) is 1. The molecule has 1 amide bonds. The van der Waals surface area contributed by atoms with Gasteiger partial charge in [-0.2, -0.15) is 0 Å². The fourth-order valence-corrected chi connectivity index (χ4v) is 1.88. The molecule has 17 heavy (non-hydrogen) atoms. The van der Waals surface area contributed by atoms with Crippen LogP contribution in [0.25, 0.3) is 0 Å². The number of aromatic nitrogens is 2. The number of imidazole rings is 1. The Hall–Kier alpha value is -1.40. The van der Waals surface area contributed by atoms with E-state index in [1.165, 1.54) is 10.9 Å². The predicted octanol–water partition coefficient (Wildman–Crippen LogP) is 0.162. The van der Waals surface area contributed by atoms with E-state index in [-0.39, 0.29) is 12.1 Å². The van der Waals surface area contributed by atoms with E-state index < -0.39 is 0 Å². The van der Waals surface area contributed by atoms with Crippen LogP contribution in [0.2, 0.25) is 0 Å². The maximum atomic E-state index is 11.7. The van der Waals surface area contributed by atoms with Gasteiger partial charge >= 0.3 is 6.03 Å². The topological polar surface area (TPSA) is 59.4 Å². The molecule has 6 nitrogen and oxygen atoms in total. The zero-order valence-corrected chi connectivity index (χ0v) is 10.0. The summed E-state index contributed by atoms with van der Waals surface area (Å²) in [5.74, 6) is 0. The van der Waals surface area contributed by atoms with Gasteiger partial charge in [0.1, 0.15) is 6.33 Å². The lowest BCUT2D eigenvalue weighted by Gasteiger charge is -2.29. The molecule has 0 aromatic carbocycles. The number of hydrogen-bond acceptors (Lipinski definition) is 4. The van der Waals surface area contributed by atoms with Crippen molar-refractivity contribution >= 4 is 6.03 Å². The van der Waals surface area contributed by atoms with E-state index in [1.54, 1.807) is 12.4 Å². The molecule has 1 N–H and O–H groups in total. The average Bonchev–Trinajstić information content (AvgIpc) is 2.83. The third-order valence-corrected chi connectivity index (χ3v) is 2.74. The van der Waals surface area contributed by atoms with Crippen molar-refractivity contribution in [1.29, 1.82) is 0 Å². The first kappa shape index (κ1) is 12.1. The largest absolute Gasteiger partial charge is 0.379 e. The number of nitrogens with zero attached hydrogens (tertiary/aromatic N) is 3. The van der Waals surface area contributed by atoms with E-state index in [9.17, 15) is 4.79 Å². The quantitative estimate of drug-likeness (QED) is 0.815. The summed E-state index contributed by atoms with van der Waals surface area (Å²) in [7, 11) is 0. The van der Waals surface area contributed by atoms with Crippen LogP contribution in [0.1, 0.15) is 6.92 Å². The highest BCUT2D eigenvalue weighted by atomic mass is 16.5. The first-order valence-electron chi connectivity index (χ1n) is 5.84. The second-order valence-corrected chi connectivity index (χ2v) is 4.23. The Labute approximate surface area is 101 Å². The molecule has 1 atom stereocenters. The van der Waals surface area contributed by atoms with E-state index in [2.05, 4.69) is 15.2 Å². The van der Waals surface area contributed by atoms with Crippen LogP contribution in [0.4, 0.5) is 4.79 Å². The molecule has 2 rings (SSSR count). The standard InChI is InChI=1S/C11H18N4O2/c1-10(8-14-4-6-17-7-5-14)13-11(16)15-3-2-12-9-15/h2-3,9-10H,4-8H2,1H3,(H,13,16). The second kappa shape index (κ2) is 5.79. The van der Waals surface area contributed by atoms with Crippen molar-refractivity contribution in [3.05, 3.63) is 18.7 Å². The molecule has 0 bridgehead atoms. The lowest BCUT2D eigenvalue weighted by atomic mass is 10.3. The average molecular weight is 238 g/mol. The van der Waals surface area contributed by atoms with Crippen LogP contribution >= 0.6 is 0 Å². The monoisotopic (exact) mass is 238 g/mol. The van der Waals surface area contributed by atoms with Gasteiger partial charge in [0.05, 0.1) is 13.2 Å². The minimum Gasteiger partial charge on any atom is -0.379 e. The van der Waals surface area contributed by atoms with E-state index in [4.69, 9.17) is 4.74 Å². The van der Waals surface area contributed by atoms with Crippen LogP contribution in [0.5, 0.6) is 0 Å². The molecular formula is C11H18N4O2. The number of rotatable bonds is 3. The molecule has 1 aromatic heterocycles. The number of morpholine rings is 1. The third kappa shape index (κ3) is 3.54. The first-order chi connectivity index (χ1) is 8.25. The smallest absolute Gasteiger partial charge is 0.327 e. The van der Waals surface area contributed by atoms with Crippen molar-refractivity contribution in [2.45, 2.75) is 13.0 Å². The van der Waals surface area contributed by atoms with Gasteiger partial charge in [0.25, 0.3) is 0 Å². The van der Waals surface area contributed by atoms with Gasteiger partial charge in [-0.15, -0.1) is 0 Å². The third-order valence-electron chi connectivity index (χ3n) is 2.74. The Morgan fingerprint density at radius 2 is 2.29 bits per heavy atom. The summed E-state index contributed by atoms with van der Waals surface area (Å²) in [6.45, 7) is 6.29. The van der Waals surface area contributed by atoms with Crippen LogP contribution in [0.3, 0.4) is 0 Å². The van der Waals surface area contributed by atoms with E-state index in [0.29, 0.717) is 0 Å². The Bertz CT molecular complexity index is 346. The van der Waals surface area contributed by atoms with Crippen molar-refractivity contribution in [1.82, 2.24) is 19.8 Å². The number of carbonyl (C=O) groups excluding carboxylic acids is 1. The highest BCUT2D eigenvalue weighted by molar-refractivity contribution is 5.76. The zero-order valence-electron chi connectivity index (χ0n) is 10.0. The van der Waals surface area contributed by atoms with E-state index in [1.807, 2.05) is 6.92 Å². The second-order valence-electron chi connectivity index (χ2n) is 4.23. The molecule has 1 aliphatic rings. The van der Waals surface area contributed by atoms with Crippen LogP contribution in [-0.4, -0.2) is 59.4 Å². The van der Waals surface area contributed by atoms with Crippen molar-refractivity contribution in [3.63, 3.8) is 0 Å². The fraction of sp³-hybridized carbons (Fsp3) is 0.636. The maximum absolute atomic E-state index is 11.7. The van der Waals surface area contributed by atoms with Gasteiger partial charge in [-0.05, 0) is 6.92 Å². The molecular weight excluding hydrogens is 220 g/mol. The molecule has 0 spiro atoms. The minimum atomic E-state index is -0.136. The fourth-order valence-electron chi connectivity index (χ4n) is 1.88. The van der Waals surface area contributed by atoms with Gasteiger partial charge < -0.3 is 10.1 Å². The molecule has 0 saturated carbocycles. The molecule has 2 heterocycles. The van der Waals surface area contributed by atoms with Crippen LogP contribution in [0.15, 0.2) is 18.7 Å². The van der Waals surface area contributed by atoms with Crippen LogP contribution in [-0.2, 0) is 4.74 Å². The van der Waals surface area contributed by atoms with Crippen molar-refractivity contribution < 1.29 is 9.53 Å². The normalized spacial score (nSPS) is 18.9. The number of carbonyl (C=O) groups is 1. The van der Waals surface area contributed by atoms with E-state index in [0.717, 1.165) is 32.8 Å². The van der Waals surface area contributed by atoms with E-state index >= 15 is 0 Å². The number of amides is 1. The van der Waals surface area contributed by atoms with Gasteiger partial charge in [-0.1, -0.05) is 0 Å². The van der Waals surface area contributed by atoms with Crippen molar-refractivity contribution in [2.24, 2.45) is 0 Å². The lowest BCUT2D eigenvalue weighted by Crippen LogP contribution is -2.46. The Morgan fingerprint density at radius 1 is 1.53 bits per heavy atom. The number of nitrogens with one attached hydrogen (secondary N) is 1. The minimum absolute atomic E-state index is 0.114. The van der Waals surface area contributed by atoms with Gasteiger partial charge in [-0.3, -0.25) is 9.47 Å². The predicted molar refractivity (Wildman–Crippen MR) is 62.9 cm³/mol. The van der Waals surface area contributed by atoms with Gasteiger partial charge in [-0.25, -0.2) is 9.78 Å². The van der Waals surface area contributed by atoms with Crippen molar-refractivity contribution in [2.75, 3.05) is 32.8 Å². The SMILES string of the molecule is CC(CN1CCOCC1)NC(=O)n1ccnc1. The molecule has 1 saturated heterocycles. The molecule has 1 aromatic rings. The molecule has 1 aliphatic heterocycles. The van der Waals surface area contributed by atoms with Crippen molar-refractivity contribution in [3.8, 4) is 0 Å². The molecule has 1 fully saturated rings. The molecule has 1 unspecified atom stereocenters. The molecule has 0 radical (unpaired) electrons. The lowest BCUT2D eigenvalue weighted by molar-refractivity contribution is 0.0349. The van der Waals surface area contributed by atoms with Crippen LogP contribution in [0, 0.1) is 0 Å². The molecule has 6 heteroatoms. The van der Waals surface area contributed by atoms with Crippen LogP contribution < -0.4 is 5.32 Å². The summed E-state index contributed by atoms with van der Waals surface area (Å²) in [6.07, 6.45) is 4.72. The Morgan fingerprint density at radius 3 is 2.94 bits per heavy atom. The zero-order chi connectivity index (χ0) is 12.1. The van der Waals surface area contributed by atoms with Gasteiger partial charge in [0.15, 0.2) is 0 Å². The Balaban J connectivity index is 1.76. The summed E-state index contributed by atoms with van der Waals surface area (Å²) in [6, 6.07) is -0.0220.